The number of hydrogen-bond donors (Lipinski definition) is 3. The molecule has 0 bridgehead atoms. The first-order valence-electron chi connectivity index (χ1n) is 8.03. The molecule has 25 heavy (non-hydrogen) atoms. The maximum Gasteiger partial charge on any atom is 0.251 e. The van der Waals surface area contributed by atoms with Gasteiger partial charge in [0, 0.05) is 24.8 Å². The van der Waals surface area contributed by atoms with Gasteiger partial charge in [0.15, 0.2) is 0 Å². The van der Waals surface area contributed by atoms with Gasteiger partial charge in [-0.05, 0) is 42.8 Å². The van der Waals surface area contributed by atoms with Crippen LogP contribution in [0.2, 0.25) is 0 Å². The van der Waals surface area contributed by atoms with Gasteiger partial charge in [0.05, 0.1) is 7.11 Å². The first-order chi connectivity index (χ1) is 12.0. The van der Waals surface area contributed by atoms with Gasteiger partial charge in [0.2, 0.25) is 5.91 Å². The largest absolute Gasteiger partial charge is 0.497 e. The van der Waals surface area contributed by atoms with Gasteiger partial charge >= 0.3 is 0 Å². The Bertz CT molecular complexity index is 729. The highest BCUT2D eigenvalue weighted by Crippen LogP contribution is 2.13. The van der Waals surface area contributed by atoms with Crippen LogP contribution in [0.15, 0.2) is 48.5 Å². The van der Waals surface area contributed by atoms with Crippen LogP contribution in [0.5, 0.6) is 5.75 Å². The summed E-state index contributed by atoms with van der Waals surface area (Å²) in [7, 11) is 3.20. The molecule has 132 valence electrons. The third-order valence-electron chi connectivity index (χ3n) is 3.75. The number of carbonyl (C=O) groups is 2. The summed E-state index contributed by atoms with van der Waals surface area (Å²) in [5, 5.41) is 8.56. The fourth-order valence-corrected chi connectivity index (χ4v) is 2.30. The minimum atomic E-state index is -0.432. The fourth-order valence-electron chi connectivity index (χ4n) is 2.30. The molecule has 0 fully saturated rings. The highest BCUT2D eigenvalue weighted by Gasteiger charge is 2.13. The highest BCUT2D eigenvalue weighted by atomic mass is 16.5. The first kappa shape index (κ1) is 18.3. The van der Waals surface area contributed by atoms with Crippen molar-refractivity contribution in [2.75, 3.05) is 19.5 Å². The molecule has 0 saturated carbocycles. The van der Waals surface area contributed by atoms with E-state index in [4.69, 9.17) is 4.74 Å². The zero-order valence-corrected chi connectivity index (χ0v) is 14.6. The van der Waals surface area contributed by atoms with Crippen LogP contribution in [0, 0.1) is 0 Å². The molecular weight excluding hydrogens is 318 g/mol. The third-order valence-corrected chi connectivity index (χ3v) is 3.75. The minimum Gasteiger partial charge on any atom is -0.497 e. The van der Waals surface area contributed by atoms with E-state index in [0.29, 0.717) is 17.8 Å². The van der Waals surface area contributed by atoms with E-state index in [9.17, 15) is 9.59 Å². The van der Waals surface area contributed by atoms with E-state index in [1.807, 2.05) is 30.3 Å². The van der Waals surface area contributed by atoms with Gasteiger partial charge in [-0.1, -0.05) is 18.2 Å². The Morgan fingerprint density at radius 3 is 2.48 bits per heavy atom. The second-order valence-corrected chi connectivity index (χ2v) is 5.59. The second-order valence-electron chi connectivity index (χ2n) is 5.59. The van der Waals surface area contributed by atoms with Gasteiger partial charge in [0.25, 0.3) is 5.91 Å². The van der Waals surface area contributed by atoms with E-state index in [2.05, 4.69) is 16.0 Å². The molecule has 2 amide bonds. The van der Waals surface area contributed by atoms with Crippen molar-refractivity contribution in [1.29, 1.82) is 0 Å². The molecular formula is C19H23N3O3. The van der Waals surface area contributed by atoms with E-state index in [-0.39, 0.29) is 11.8 Å². The predicted octanol–water partition coefficient (Wildman–Crippen LogP) is 2.17. The fraction of sp³-hybridized carbons (Fsp3) is 0.263. The molecule has 2 aromatic rings. The average molecular weight is 341 g/mol. The van der Waals surface area contributed by atoms with Gasteiger partial charge in [-0.2, -0.15) is 0 Å². The van der Waals surface area contributed by atoms with Crippen LogP contribution in [0.25, 0.3) is 0 Å². The Hall–Kier alpha value is -3.02. The van der Waals surface area contributed by atoms with Gasteiger partial charge < -0.3 is 20.7 Å². The summed E-state index contributed by atoms with van der Waals surface area (Å²) in [4.78, 5) is 23.9. The van der Waals surface area contributed by atoms with Crippen LogP contribution >= 0.6 is 0 Å². The third kappa shape index (κ3) is 5.24. The van der Waals surface area contributed by atoms with Crippen molar-refractivity contribution in [3.8, 4) is 5.75 Å². The van der Waals surface area contributed by atoms with Crippen molar-refractivity contribution in [3.63, 3.8) is 0 Å². The van der Waals surface area contributed by atoms with E-state index in [1.165, 1.54) is 0 Å². The number of amides is 2. The smallest absolute Gasteiger partial charge is 0.251 e. The Balaban J connectivity index is 1.90. The molecule has 0 radical (unpaired) electrons. The monoisotopic (exact) mass is 341 g/mol. The zero-order valence-electron chi connectivity index (χ0n) is 14.6. The second kappa shape index (κ2) is 8.73. The van der Waals surface area contributed by atoms with Crippen LogP contribution < -0.4 is 20.7 Å². The molecule has 0 saturated heterocycles. The van der Waals surface area contributed by atoms with Gasteiger partial charge in [-0.15, -0.1) is 0 Å². The predicted molar refractivity (Wildman–Crippen MR) is 97.8 cm³/mol. The topological polar surface area (TPSA) is 79.5 Å². The summed E-state index contributed by atoms with van der Waals surface area (Å²) in [6.07, 6.45) is 0. The Kier molecular flexibility index (Phi) is 6.39. The minimum absolute atomic E-state index is 0.124. The summed E-state index contributed by atoms with van der Waals surface area (Å²) in [6, 6.07) is 14.1. The maximum atomic E-state index is 12.2. The van der Waals surface area contributed by atoms with E-state index >= 15 is 0 Å². The standard InChI is InChI=1S/C19H23N3O3/c1-13(22-16-6-4-5-15(11-16)19(24)20-2)18(23)21-12-14-7-9-17(25-3)10-8-14/h4-11,13,22H,12H2,1-3H3,(H,20,24)(H,21,23)/t13-/m1/s1. The normalized spacial score (nSPS) is 11.3. The number of anilines is 1. The van der Waals surface area contributed by atoms with Gasteiger partial charge in [0.1, 0.15) is 11.8 Å². The number of rotatable bonds is 7. The molecule has 0 spiro atoms. The average Bonchev–Trinajstić information content (AvgIpc) is 2.65. The quantitative estimate of drug-likeness (QED) is 0.721. The van der Waals surface area contributed by atoms with Crippen molar-refractivity contribution >= 4 is 17.5 Å². The molecule has 2 rings (SSSR count). The molecule has 0 heterocycles. The lowest BCUT2D eigenvalue weighted by Crippen LogP contribution is -2.37. The summed E-state index contributed by atoms with van der Waals surface area (Å²) in [6.45, 7) is 2.21. The Labute approximate surface area is 147 Å². The highest BCUT2D eigenvalue weighted by molar-refractivity contribution is 5.95. The van der Waals surface area contributed by atoms with Crippen molar-refractivity contribution < 1.29 is 14.3 Å². The van der Waals surface area contributed by atoms with Crippen LogP contribution in [0.4, 0.5) is 5.69 Å². The molecule has 0 aromatic heterocycles. The van der Waals surface area contributed by atoms with E-state index in [1.54, 1.807) is 39.3 Å². The molecule has 6 heteroatoms. The van der Waals surface area contributed by atoms with Crippen LogP contribution in [-0.4, -0.2) is 32.0 Å². The Morgan fingerprint density at radius 2 is 1.84 bits per heavy atom. The lowest BCUT2D eigenvalue weighted by molar-refractivity contribution is -0.121. The molecule has 0 aliphatic carbocycles. The van der Waals surface area contributed by atoms with E-state index in [0.717, 1.165) is 11.3 Å². The van der Waals surface area contributed by atoms with Crippen molar-refractivity contribution in [1.82, 2.24) is 10.6 Å². The number of methoxy groups -OCH3 is 1. The van der Waals surface area contributed by atoms with Crippen LogP contribution in [0.1, 0.15) is 22.8 Å². The first-order valence-corrected chi connectivity index (χ1v) is 8.03. The number of nitrogens with one attached hydrogen (secondary N) is 3. The summed E-state index contributed by atoms with van der Waals surface area (Å²) >= 11 is 0. The molecule has 6 nitrogen and oxygen atoms in total. The maximum absolute atomic E-state index is 12.2. The Morgan fingerprint density at radius 1 is 1.12 bits per heavy atom. The van der Waals surface area contributed by atoms with Crippen molar-refractivity contribution in [2.24, 2.45) is 0 Å². The molecule has 2 aromatic carbocycles. The number of hydrogen-bond acceptors (Lipinski definition) is 4. The summed E-state index contributed by atoms with van der Waals surface area (Å²) < 4.78 is 5.11. The molecule has 0 unspecified atom stereocenters. The number of benzene rings is 2. The molecule has 0 aliphatic rings. The SMILES string of the molecule is CNC(=O)c1cccc(N[C@H](C)C(=O)NCc2ccc(OC)cc2)c1. The zero-order chi connectivity index (χ0) is 18.2. The van der Waals surface area contributed by atoms with Crippen molar-refractivity contribution in [2.45, 2.75) is 19.5 Å². The van der Waals surface area contributed by atoms with Gasteiger partial charge in [-0.3, -0.25) is 9.59 Å². The van der Waals surface area contributed by atoms with Crippen molar-refractivity contribution in [3.05, 3.63) is 59.7 Å². The lowest BCUT2D eigenvalue weighted by atomic mass is 10.1. The molecule has 3 N–H and O–H groups in total. The van der Waals surface area contributed by atoms with E-state index < -0.39 is 6.04 Å². The summed E-state index contributed by atoms with van der Waals surface area (Å²) in [5.74, 6) is 0.488. The van der Waals surface area contributed by atoms with Gasteiger partial charge in [-0.25, -0.2) is 0 Å². The van der Waals surface area contributed by atoms with Crippen LogP contribution in [0.3, 0.4) is 0 Å². The molecule has 0 aliphatic heterocycles. The molecule has 1 atom stereocenters. The number of ether oxygens (including phenoxy) is 1. The van der Waals surface area contributed by atoms with Crippen LogP contribution in [-0.2, 0) is 11.3 Å². The summed E-state index contributed by atoms with van der Waals surface area (Å²) in [5.41, 5.74) is 2.24. The lowest BCUT2D eigenvalue weighted by Gasteiger charge is -2.16. The number of carbonyl (C=O) groups excluding carboxylic acids is 2.